The van der Waals surface area contributed by atoms with E-state index >= 15 is 0 Å². The van der Waals surface area contributed by atoms with Crippen LogP contribution in [0.2, 0.25) is 0 Å². The first-order valence-corrected chi connectivity index (χ1v) is 7.32. The number of hydrogen-bond donors (Lipinski definition) is 2. The highest BCUT2D eigenvalue weighted by molar-refractivity contribution is 5.88. The van der Waals surface area contributed by atoms with Crippen molar-refractivity contribution in [2.75, 3.05) is 5.32 Å². The number of nitrogens with one attached hydrogen (secondary N) is 2. The third kappa shape index (κ3) is 3.75. The molecule has 0 fully saturated rings. The maximum Gasteiger partial charge on any atom is 0.321 e. The first kappa shape index (κ1) is 15.7. The molecular weight excluding hydrogens is 311 g/mol. The molecule has 1 unspecified atom stereocenters. The van der Waals surface area contributed by atoms with Crippen molar-refractivity contribution in [3.63, 3.8) is 0 Å². The summed E-state index contributed by atoms with van der Waals surface area (Å²) in [5, 5.41) is 5.20. The van der Waals surface area contributed by atoms with E-state index in [9.17, 15) is 9.18 Å². The van der Waals surface area contributed by atoms with Gasteiger partial charge in [0.05, 0.1) is 12.4 Å². The molecule has 24 heavy (non-hydrogen) atoms. The molecule has 0 saturated heterocycles. The van der Waals surface area contributed by atoms with E-state index < -0.39 is 17.9 Å². The minimum absolute atomic E-state index is 0.249. The Hall–Kier alpha value is -3.22. The lowest BCUT2D eigenvalue weighted by molar-refractivity contribution is 0.247. The summed E-state index contributed by atoms with van der Waals surface area (Å²) in [6, 6.07) is 11.2. The molecule has 0 aliphatic rings. The number of anilines is 1. The van der Waals surface area contributed by atoms with Crippen LogP contribution in [-0.4, -0.2) is 16.0 Å². The van der Waals surface area contributed by atoms with Crippen LogP contribution in [0.15, 0.2) is 59.3 Å². The van der Waals surface area contributed by atoms with Crippen LogP contribution in [-0.2, 0) is 0 Å². The average Bonchev–Trinajstić information content (AvgIpc) is 3.08. The molecule has 2 heterocycles. The highest BCUT2D eigenvalue weighted by atomic mass is 19.1. The first-order valence-electron chi connectivity index (χ1n) is 7.32. The van der Waals surface area contributed by atoms with Crippen molar-refractivity contribution in [3.05, 3.63) is 66.6 Å². The monoisotopic (exact) mass is 326 g/mol. The molecule has 2 amide bonds. The smallest absolute Gasteiger partial charge is 0.321 e. The molecule has 0 saturated carbocycles. The summed E-state index contributed by atoms with van der Waals surface area (Å²) < 4.78 is 18.5. The zero-order valence-corrected chi connectivity index (χ0v) is 12.9. The quantitative estimate of drug-likeness (QED) is 0.765. The highest BCUT2D eigenvalue weighted by Crippen LogP contribution is 2.22. The number of nitrogens with zero attached hydrogens (tertiary/aromatic N) is 2. The number of carbonyl (C=O) groups excluding carboxylic acids is 1. The van der Waals surface area contributed by atoms with E-state index in [1.807, 2.05) is 30.3 Å². The van der Waals surface area contributed by atoms with E-state index in [1.54, 1.807) is 13.1 Å². The van der Waals surface area contributed by atoms with Crippen LogP contribution in [0.4, 0.5) is 15.0 Å². The molecule has 0 aliphatic heterocycles. The van der Waals surface area contributed by atoms with Crippen molar-refractivity contribution in [2.45, 2.75) is 13.0 Å². The lowest BCUT2D eigenvalue weighted by atomic mass is 10.2. The number of rotatable bonds is 4. The van der Waals surface area contributed by atoms with Crippen LogP contribution in [0.3, 0.4) is 0 Å². The molecule has 0 aliphatic carbocycles. The predicted molar refractivity (Wildman–Crippen MR) is 86.7 cm³/mol. The van der Waals surface area contributed by atoms with Crippen molar-refractivity contribution >= 4 is 11.8 Å². The maximum absolute atomic E-state index is 12.8. The van der Waals surface area contributed by atoms with Crippen LogP contribution in [0.1, 0.15) is 18.9 Å². The molecule has 3 aromatic rings. The third-order valence-corrected chi connectivity index (χ3v) is 3.27. The number of oxazole rings is 1. The standard InChI is InChI=1S/C17H15FN4O2/c1-11(21-17(23)22-15-8-7-13(18)9-19-15)16-20-10-14(24-16)12-5-3-2-4-6-12/h2-11H,1H3,(H2,19,21,22,23). The zero-order valence-electron chi connectivity index (χ0n) is 12.9. The Labute approximate surface area is 137 Å². The second-order valence-corrected chi connectivity index (χ2v) is 5.11. The van der Waals surface area contributed by atoms with Crippen molar-refractivity contribution in [1.82, 2.24) is 15.3 Å². The molecule has 7 heteroatoms. The van der Waals surface area contributed by atoms with E-state index in [-0.39, 0.29) is 5.82 Å². The van der Waals surface area contributed by atoms with Crippen LogP contribution in [0, 0.1) is 5.82 Å². The molecule has 1 aromatic carbocycles. The first-order chi connectivity index (χ1) is 11.6. The Bertz CT molecular complexity index is 818. The van der Waals surface area contributed by atoms with Crippen molar-refractivity contribution in [1.29, 1.82) is 0 Å². The SMILES string of the molecule is CC(NC(=O)Nc1ccc(F)cn1)c1ncc(-c2ccccc2)o1. The van der Waals surface area contributed by atoms with Gasteiger partial charge in [0.15, 0.2) is 5.76 Å². The Morgan fingerprint density at radius 1 is 1.12 bits per heavy atom. The molecule has 0 radical (unpaired) electrons. The normalized spacial score (nSPS) is 11.8. The van der Waals surface area contributed by atoms with Crippen molar-refractivity contribution in [2.24, 2.45) is 0 Å². The largest absolute Gasteiger partial charge is 0.438 e. The average molecular weight is 326 g/mol. The van der Waals surface area contributed by atoms with Crippen molar-refractivity contribution < 1.29 is 13.6 Å². The molecule has 0 bridgehead atoms. The van der Waals surface area contributed by atoms with E-state index in [0.717, 1.165) is 11.8 Å². The summed E-state index contributed by atoms with van der Waals surface area (Å²) in [5.74, 6) is 0.789. The van der Waals surface area contributed by atoms with Gasteiger partial charge in [-0.15, -0.1) is 0 Å². The van der Waals surface area contributed by atoms with Gasteiger partial charge in [-0.3, -0.25) is 5.32 Å². The number of benzene rings is 1. The molecule has 122 valence electrons. The van der Waals surface area contributed by atoms with Gasteiger partial charge in [-0.1, -0.05) is 30.3 Å². The van der Waals surface area contributed by atoms with Gasteiger partial charge in [-0.2, -0.15) is 0 Å². The Morgan fingerprint density at radius 3 is 2.62 bits per heavy atom. The van der Waals surface area contributed by atoms with Gasteiger partial charge >= 0.3 is 6.03 Å². The zero-order chi connectivity index (χ0) is 16.9. The van der Waals surface area contributed by atoms with Crippen LogP contribution >= 0.6 is 0 Å². The fourth-order valence-corrected chi connectivity index (χ4v) is 2.08. The Kier molecular flexibility index (Phi) is 4.51. The van der Waals surface area contributed by atoms with Gasteiger partial charge in [-0.25, -0.2) is 19.2 Å². The van der Waals surface area contributed by atoms with Crippen LogP contribution < -0.4 is 10.6 Å². The number of amides is 2. The summed E-state index contributed by atoms with van der Waals surface area (Å²) in [6.45, 7) is 1.75. The van der Waals surface area contributed by atoms with Gasteiger partial charge in [-0.05, 0) is 19.1 Å². The number of aromatic nitrogens is 2. The maximum atomic E-state index is 12.8. The van der Waals surface area contributed by atoms with Crippen LogP contribution in [0.25, 0.3) is 11.3 Å². The number of halogens is 1. The summed E-state index contributed by atoms with van der Waals surface area (Å²) in [7, 11) is 0. The van der Waals surface area contributed by atoms with E-state index in [1.165, 1.54) is 12.1 Å². The molecule has 3 rings (SSSR count). The highest BCUT2D eigenvalue weighted by Gasteiger charge is 2.16. The van der Waals surface area contributed by atoms with Gasteiger partial charge < -0.3 is 9.73 Å². The summed E-state index contributed by atoms with van der Waals surface area (Å²) >= 11 is 0. The minimum Gasteiger partial charge on any atom is -0.438 e. The number of hydrogen-bond acceptors (Lipinski definition) is 4. The topological polar surface area (TPSA) is 80.0 Å². The fraction of sp³-hybridized carbons (Fsp3) is 0.118. The second kappa shape index (κ2) is 6.91. The lowest BCUT2D eigenvalue weighted by Gasteiger charge is -2.11. The van der Waals surface area contributed by atoms with Gasteiger partial charge in [0.1, 0.15) is 17.7 Å². The predicted octanol–water partition coefficient (Wildman–Crippen LogP) is 3.76. The Morgan fingerprint density at radius 2 is 1.92 bits per heavy atom. The van der Waals surface area contributed by atoms with Crippen molar-refractivity contribution in [3.8, 4) is 11.3 Å². The summed E-state index contributed by atoms with van der Waals surface area (Å²) in [4.78, 5) is 19.9. The Balaban J connectivity index is 1.62. The molecular formula is C17H15FN4O2. The number of carbonyl (C=O) groups is 1. The van der Waals surface area contributed by atoms with Crippen LogP contribution in [0.5, 0.6) is 0 Å². The van der Waals surface area contributed by atoms with E-state index in [4.69, 9.17) is 4.42 Å². The molecule has 2 N–H and O–H groups in total. The molecule has 6 nitrogen and oxygen atoms in total. The molecule has 0 spiro atoms. The van der Waals surface area contributed by atoms with E-state index in [0.29, 0.717) is 11.7 Å². The minimum atomic E-state index is -0.485. The third-order valence-electron chi connectivity index (χ3n) is 3.27. The second-order valence-electron chi connectivity index (χ2n) is 5.11. The summed E-state index contributed by atoms with van der Waals surface area (Å²) in [6.07, 6.45) is 2.64. The van der Waals surface area contributed by atoms with Gasteiger partial charge in [0, 0.05) is 5.56 Å². The lowest BCUT2D eigenvalue weighted by Crippen LogP contribution is -2.31. The van der Waals surface area contributed by atoms with E-state index in [2.05, 4.69) is 20.6 Å². The number of pyridine rings is 1. The summed E-state index contributed by atoms with van der Waals surface area (Å²) in [5.41, 5.74) is 0.906. The number of urea groups is 1. The molecule has 2 aromatic heterocycles. The van der Waals surface area contributed by atoms with Gasteiger partial charge in [0.2, 0.25) is 5.89 Å². The fourth-order valence-electron chi connectivity index (χ4n) is 2.08. The molecule has 1 atom stereocenters. The van der Waals surface area contributed by atoms with Gasteiger partial charge in [0.25, 0.3) is 0 Å².